The van der Waals surface area contributed by atoms with Crippen LogP contribution >= 0.6 is 0 Å². The van der Waals surface area contributed by atoms with Crippen LogP contribution < -0.4 is 14.8 Å². The summed E-state index contributed by atoms with van der Waals surface area (Å²) in [6.07, 6.45) is 3.86. The minimum atomic E-state index is 0.319. The second kappa shape index (κ2) is 7.69. The Hall–Kier alpha value is -1.22. The molecule has 0 saturated heterocycles. The van der Waals surface area contributed by atoms with Crippen molar-refractivity contribution in [2.24, 2.45) is 11.8 Å². The van der Waals surface area contributed by atoms with E-state index in [4.69, 9.17) is 9.47 Å². The average molecular weight is 291 g/mol. The van der Waals surface area contributed by atoms with Gasteiger partial charge in [-0.2, -0.15) is 0 Å². The summed E-state index contributed by atoms with van der Waals surface area (Å²) in [6, 6.07) is 6.22. The number of ether oxygens (including phenoxy) is 2. The maximum Gasteiger partial charge on any atom is 0.161 e. The number of methoxy groups -OCH3 is 1. The largest absolute Gasteiger partial charge is 0.493 e. The lowest BCUT2D eigenvalue weighted by Crippen LogP contribution is -2.28. The van der Waals surface area contributed by atoms with Crippen LogP contribution in [-0.4, -0.2) is 19.8 Å². The lowest BCUT2D eigenvalue weighted by molar-refractivity contribution is 0.0976. The van der Waals surface area contributed by atoms with E-state index in [0.29, 0.717) is 6.10 Å². The molecule has 1 aliphatic carbocycles. The van der Waals surface area contributed by atoms with Crippen molar-refractivity contribution in [1.82, 2.24) is 5.32 Å². The Bertz CT molecular complexity index is 447. The van der Waals surface area contributed by atoms with E-state index in [2.05, 4.69) is 38.2 Å². The summed E-state index contributed by atoms with van der Waals surface area (Å²) in [7, 11) is 1.71. The zero-order chi connectivity index (χ0) is 15.2. The van der Waals surface area contributed by atoms with Crippen LogP contribution in [0.4, 0.5) is 0 Å². The Morgan fingerprint density at radius 3 is 2.62 bits per heavy atom. The fourth-order valence-electron chi connectivity index (χ4n) is 2.98. The van der Waals surface area contributed by atoms with E-state index < -0.39 is 0 Å². The lowest BCUT2D eigenvalue weighted by atomic mass is 9.80. The Morgan fingerprint density at radius 2 is 1.95 bits per heavy atom. The highest BCUT2D eigenvalue weighted by atomic mass is 16.5. The fourth-order valence-corrected chi connectivity index (χ4v) is 2.98. The molecule has 0 amide bonds. The summed E-state index contributed by atoms with van der Waals surface area (Å²) in [5.74, 6) is 3.27. The molecule has 1 N–H and O–H groups in total. The predicted molar refractivity (Wildman–Crippen MR) is 87.0 cm³/mol. The zero-order valence-electron chi connectivity index (χ0n) is 13.8. The molecule has 3 unspecified atom stereocenters. The maximum atomic E-state index is 6.26. The number of benzene rings is 1. The van der Waals surface area contributed by atoms with Gasteiger partial charge < -0.3 is 14.8 Å². The number of rotatable bonds is 6. The van der Waals surface area contributed by atoms with Gasteiger partial charge in [-0.05, 0) is 55.3 Å². The second-order valence-corrected chi connectivity index (χ2v) is 6.27. The Kier molecular flexibility index (Phi) is 5.92. The van der Waals surface area contributed by atoms with Crippen molar-refractivity contribution in [1.29, 1.82) is 0 Å². The molecule has 1 aromatic carbocycles. The molecule has 3 atom stereocenters. The minimum Gasteiger partial charge on any atom is -0.493 e. The van der Waals surface area contributed by atoms with Crippen molar-refractivity contribution in [3.8, 4) is 11.5 Å². The monoisotopic (exact) mass is 291 g/mol. The van der Waals surface area contributed by atoms with Crippen molar-refractivity contribution < 1.29 is 9.47 Å². The highest BCUT2D eigenvalue weighted by Crippen LogP contribution is 2.35. The molecule has 1 fully saturated rings. The summed E-state index contributed by atoms with van der Waals surface area (Å²) in [4.78, 5) is 0. The molecule has 0 aliphatic heterocycles. The summed E-state index contributed by atoms with van der Waals surface area (Å²) in [6.45, 7) is 8.64. The van der Waals surface area contributed by atoms with Crippen LogP contribution in [0.25, 0.3) is 0 Å². The van der Waals surface area contributed by atoms with Gasteiger partial charge in [0, 0.05) is 6.54 Å². The molecule has 1 aliphatic rings. The van der Waals surface area contributed by atoms with Gasteiger partial charge in [0.1, 0.15) is 0 Å². The van der Waals surface area contributed by atoms with Crippen LogP contribution in [0, 0.1) is 11.8 Å². The first-order valence-electron chi connectivity index (χ1n) is 8.18. The highest BCUT2D eigenvalue weighted by Gasteiger charge is 2.26. The van der Waals surface area contributed by atoms with E-state index in [1.165, 1.54) is 12.0 Å². The van der Waals surface area contributed by atoms with E-state index in [-0.39, 0.29) is 0 Å². The standard InChI is InChI=1S/C18H29NO2/c1-5-19-12-15-7-9-17(20-4)18(11-15)21-16-8-6-13(2)14(3)10-16/h7,9,11,13-14,16,19H,5-6,8,10,12H2,1-4H3. The quantitative estimate of drug-likeness (QED) is 0.859. The number of hydrogen-bond donors (Lipinski definition) is 1. The zero-order valence-corrected chi connectivity index (χ0v) is 13.8. The molecule has 1 aromatic rings. The number of hydrogen-bond acceptors (Lipinski definition) is 3. The molecular formula is C18H29NO2. The Labute approximate surface area is 129 Å². The fraction of sp³-hybridized carbons (Fsp3) is 0.667. The SMILES string of the molecule is CCNCc1ccc(OC)c(OC2CCC(C)C(C)C2)c1. The molecule has 3 heteroatoms. The van der Waals surface area contributed by atoms with Gasteiger partial charge in [0.2, 0.25) is 0 Å². The Morgan fingerprint density at radius 1 is 1.14 bits per heavy atom. The third-order valence-corrected chi connectivity index (χ3v) is 4.65. The summed E-state index contributed by atoms with van der Waals surface area (Å²) in [5, 5.41) is 3.35. The summed E-state index contributed by atoms with van der Waals surface area (Å²) < 4.78 is 11.7. The normalized spacial score (nSPS) is 25.6. The first-order valence-corrected chi connectivity index (χ1v) is 8.18. The molecule has 3 nitrogen and oxygen atoms in total. The molecule has 118 valence electrons. The van der Waals surface area contributed by atoms with E-state index in [1.807, 2.05) is 6.07 Å². The summed E-state index contributed by atoms with van der Waals surface area (Å²) >= 11 is 0. The maximum absolute atomic E-state index is 6.26. The number of nitrogens with one attached hydrogen (secondary N) is 1. The molecule has 21 heavy (non-hydrogen) atoms. The van der Waals surface area contributed by atoms with Gasteiger partial charge in [-0.25, -0.2) is 0 Å². The highest BCUT2D eigenvalue weighted by molar-refractivity contribution is 5.43. The minimum absolute atomic E-state index is 0.319. The topological polar surface area (TPSA) is 30.5 Å². The summed E-state index contributed by atoms with van der Waals surface area (Å²) in [5.41, 5.74) is 1.24. The van der Waals surface area contributed by atoms with Crippen LogP contribution in [0.15, 0.2) is 18.2 Å². The smallest absolute Gasteiger partial charge is 0.161 e. The molecule has 0 spiro atoms. The Balaban J connectivity index is 2.06. The first kappa shape index (κ1) is 16.2. The van der Waals surface area contributed by atoms with E-state index in [1.54, 1.807) is 7.11 Å². The molecule has 0 radical (unpaired) electrons. The van der Waals surface area contributed by atoms with Gasteiger partial charge in [-0.1, -0.05) is 26.8 Å². The lowest BCUT2D eigenvalue weighted by Gasteiger charge is -2.32. The van der Waals surface area contributed by atoms with Crippen LogP contribution in [0.2, 0.25) is 0 Å². The van der Waals surface area contributed by atoms with Crippen LogP contribution in [0.5, 0.6) is 11.5 Å². The van der Waals surface area contributed by atoms with Gasteiger partial charge in [-0.3, -0.25) is 0 Å². The van der Waals surface area contributed by atoms with Crippen LogP contribution in [0.3, 0.4) is 0 Å². The van der Waals surface area contributed by atoms with Crippen molar-refractivity contribution in [2.45, 2.75) is 52.7 Å². The first-order chi connectivity index (χ1) is 10.1. The van der Waals surface area contributed by atoms with Crippen LogP contribution in [0.1, 0.15) is 45.6 Å². The third kappa shape index (κ3) is 4.37. The van der Waals surface area contributed by atoms with Crippen molar-refractivity contribution >= 4 is 0 Å². The predicted octanol–water partition coefficient (Wildman–Crippen LogP) is 4.01. The van der Waals surface area contributed by atoms with Crippen molar-refractivity contribution in [2.75, 3.05) is 13.7 Å². The molecule has 0 aromatic heterocycles. The van der Waals surface area contributed by atoms with Gasteiger partial charge >= 0.3 is 0 Å². The van der Waals surface area contributed by atoms with E-state index in [9.17, 15) is 0 Å². The molecule has 0 heterocycles. The second-order valence-electron chi connectivity index (χ2n) is 6.27. The molecule has 2 rings (SSSR count). The van der Waals surface area contributed by atoms with Gasteiger partial charge in [0.15, 0.2) is 11.5 Å². The van der Waals surface area contributed by atoms with Gasteiger partial charge in [-0.15, -0.1) is 0 Å². The molecule has 0 bridgehead atoms. The average Bonchev–Trinajstić information content (AvgIpc) is 2.49. The van der Waals surface area contributed by atoms with E-state index >= 15 is 0 Å². The molecule has 1 saturated carbocycles. The van der Waals surface area contributed by atoms with E-state index in [0.717, 1.165) is 49.3 Å². The molecular weight excluding hydrogens is 262 g/mol. The van der Waals surface area contributed by atoms with Crippen LogP contribution in [-0.2, 0) is 6.54 Å². The third-order valence-electron chi connectivity index (χ3n) is 4.65. The van der Waals surface area contributed by atoms with Gasteiger partial charge in [0.25, 0.3) is 0 Å². The van der Waals surface area contributed by atoms with Crippen molar-refractivity contribution in [3.63, 3.8) is 0 Å². The van der Waals surface area contributed by atoms with Crippen molar-refractivity contribution in [3.05, 3.63) is 23.8 Å². The van der Waals surface area contributed by atoms with Gasteiger partial charge in [0.05, 0.1) is 13.2 Å².